The van der Waals surface area contributed by atoms with Crippen molar-refractivity contribution in [2.75, 3.05) is 10.6 Å². The number of anilines is 2. The summed E-state index contributed by atoms with van der Waals surface area (Å²) in [6.45, 7) is 0. The predicted molar refractivity (Wildman–Crippen MR) is 102 cm³/mol. The van der Waals surface area contributed by atoms with Crippen LogP contribution in [0.3, 0.4) is 0 Å². The Morgan fingerprint density at radius 2 is 1.69 bits per heavy atom. The smallest absolute Gasteiger partial charge is 0.257 e. The van der Waals surface area contributed by atoms with Crippen molar-refractivity contribution in [2.24, 2.45) is 0 Å². The molecule has 2 N–H and O–H groups in total. The van der Waals surface area contributed by atoms with E-state index in [-0.39, 0.29) is 11.8 Å². The van der Waals surface area contributed by atoms with Crippen LogP contribution in [-0.2, 0) is 4.79 Å². The van der Waals surface area contributed by atoms with E-state index in [0.29, 0.717) is 27.7 Å². The molecule has 0 aliphatic heterocycles. The molecule has 3 rings (SSSR count). The van der Waals surface area contributed by atoms with Crippen molar-refractivity contribution >= 4 is 40.9 Å². The van der Waals surface area contributed by atoms with Gasteiger partial charge in [-0.05, 0) is 54.6 Å². The highest BCUT2D eigenvalue weighted by Crippen LogP contribution is 2.19. The van der Waals surface area contributed by atoms with Gasteiger partial charge >= 0.3 is 0 Å². The number of rotatable bonds is 5. The van der Waals surface area contributed by atoms with Gasteiger partial charge in [0.1, 0.15) is 5.76 Å². The van der Waals surface area contributed by atoms with E-state index in [1.54, 1.807) is 66.7 Å². The van der Waals surface area contributed by atoms with Crippen molar-refractivity contribution in [3.8, 4) is 0 Å². The molecule has 130 valence electrons. The molecule has 0 saturated carbocycles. The van der Waals surface area contributed by atoms with E-state index in [1.807, 2.05) is 0 Å². The van der Waals surface area contributed by atoms with Crippen LogP contribution in [0.4, 0.5) is 11.4 Å². The Bertz CT molecular complexity index is 932. The molecular weight excluding hydrogens is 352 g/mol. The third-order valence-corrected chi connectivity index (χ3v) is 3.73. The number of para-hydroxylation sites is 1. The summed E-state index contributed by atoms with van der Waals surface area (Å²) in [5.41, 5.74) is 1.37. The standard InChI is InChI=1S/C20H15ClN2O3/c21-14-7-9-15(10-8-14)22-20(25)17-5-1-2-6-18(17)23-19(24)12-11-16-4-3-13-26-16/h1-13H,(H,22,25)(H,23,24)/b12-11+. The lowest BCUT2D eigenvalue weighted by Crippen LogP contribution is -2.16. The maximum atomic E-state index is 12.5. The number of hydrogen-bond acceptors (Lipinski definition) is 3. The zero-order chi connectivity index (χ0) is 18.4. The topological polar surface area (TPSA) is 71.3 Å². The SMILES string of the molecule is O=C(/C=C/c1ccco1)Nc1ccccc1C(=O)Nc1ccc(Cl)cc1. The van der Waals surface area contributed by atoms with Crippen LogP contribution in [0.15, 0.2) is 77.4 Å². The lowest BCUT2D eigenvalue weighted by Gasteiger charge is -2.10. The van der Waals surface area contributed by atoms with Gasteiger partial charge in [0.15, 0.2) is 0 Å². The molecule has 0 fully saturated rings. The van der Waals surface area contributed by atoms with Gasteiger partial charge in [-0.15, -0.1) is 0 Å². The average Bonchev–Trinajstić information content (AvgIpc) is 3.16. The third-order valence-electron chi connectivity index (χ3n) is 3.47. The summed E-state index contributed by atoms with van der Waals surface area (Å²) in [7, 11) is 0. The van der Waals surface area contributed by atoms with Crippen LogP contribution in [0, 0.1) is 0 Å². The Hall–Kier alpha value is -3.31. The molecule has 1 heterocycles. The quantitative estimate of drug-likeness (QED) is 0.635. The van der Waals surface area contributed by atoms with E-state index >= 15 is 0 Å². The van der Waals surface area contributed by atoms with E-state index in [2.05, 4.69) is 10.6 Å². The Labute approximate surface area is 155 Å². The molecule has 0 aliphatic rings. The first-order valence-corrected chi connectivity index (χ1v) is 8.18. The van der Waals surface area contributed by atoms with Crippen molar-refractivity contribution in [2.45, 2.75) is 0 Å². The summed E-state index contributed by atoms with van der Waals surface area (Å²) in [5.74, 6) is -0.139. The Morgan fingerprint density at radius 3 is 2.42 bits per heavy atom. The number of carbonyl (C=O) groups excluding carboxylic acids is 2. The van der Waals surface area contributed by atoms with E-state index in [1.165, 1.54) is 12.3 Å². The molecule has 0 atom stereocenters. The number of nitrogens with one attached hydrogen (secondary N) is 2. The minimum atomic E-state index is -0.367. The fourth-order valence-corrected chi connectivity index (χ4v) is 2.37. The molecule has 26 heavy (non-hydrogen) atoms. The number of furan rings is 1. The van der Waals surface area contributed by atoms with Crippen molar-refractivity contribution in [1.82, 2.24) is 0 Å². The molecule has 0 saturated heterocycles. The highest BCUT2D eigenvalue weighted by atomic mass is 35.5. The number of halogens is 1. The lowest BCUT2D eigenvalue weighted by atomic mass is 10.1. The predicted octanol–water partition coefficient (Wildman–Crippen LogP) is 4.84. The van der Waals surface area contributed by atoms with Crippen LogP contribution in [0.1, 0.15) is 16.1 Å². The molecule has 2 amide bonds. The van der Waals surface area contributed by atoms with E-state index < -0.39 is 0 Å². The first-order valence-electron chi connectivity index (χ1n) is 7.80. The van der Waals surface area contributed by atoms with Gasteiger partial charge in [0.25, 0.3) is 5.91 Å². The summed E-state index contributed by atoms with van der Waals surface area (Å²) in [5, 5.41) is 6.05. The van der Waals surface area contributed by atoms with Crippen molar-refractivity contribution < 1.29 is 14.0 Å². The first kappa shape index (κ1) is 17.5. The number of amides is 2. The molecule has 5 nitrogen and oxygen atoms in total. The van der Waals surface area contributed by atoms with E-state index in [0.717, 1.165) is 0 Å². The fourth-order valence-electron chi connectivity index (χ4n) is 2.24. The Balaban J connectivity index is 1.71. The molecule has 0 bridgehead atoms. The minimum absolute atomic E-state index is 0.335. The molecule has 2 aromatic carbocycles. The number of carbonyl (C=O) groups is 2. The molecule has 1 aromatic heterocycles. The molecule has 0 spiro atoms. The maximum Gasteiger partial charge on any atom is 0.257 e. The minimum Gasteiger partial charge on any atom is -0.465 e. The number of hydrogen-bond donors (Lipinski definition) is 2. The maximum absolute atomic E-state index is 12.5. The van der Waals surface area contributed by atoms with Crippen molar-refractivity contribution in [1.29, 1.82) is 0 Å². The molecule has 3 aromatic rings. The zero-order valence-electron chi connectivity index (χ0n) is 13.6. The fraction of sp³-hybridized carbons (Fsp3) is 0. The van der Waals surface area contributed by atoms with Crippen LogP contribution in [-0.4, -0.2) is 11.8 Å². The number of benzene rings is 2. The van der Waals surface area contributed by atoms with Crippen LogP contribution < -0.4 is 10.6 Å². The molecule has 0 aliphatic carbocycles. The molecule has 6 heteroatoms. The third kappa shape index (κ3) is 4.62. The summed E-state index contributed by atoms with van der Waals surface area (Å²) >= 11 is 5.84. The summed E-state index contributed by atoms with van der Waals surface area (Å²) in [4.78, 5) is 24.6. The molecular formula is C20H15ClN2O3. The summed E-state index contributed by atoms with van der Waals surface area (Å²) in [6, 6.07) is 17.0. The lowest BCUT2D eigenvalue weighted by molar-refractivity contribution is -0.111. The summed E-state index contributed by atoms with van der Waals surface area (Å²) < 4.78 is 5.13. The van der Waals surface area contributed by atoms with Gasteiger partial charge in [-0.1, -0.05) is 23.7 Å². The van der Waals surface area contributed by atoms with Gasteiger partial charge in [-0.2, -0.15) is 0 Å². The highest BCUT2D eigenvalue weighted by Gasteiger charge is 2.12. The van der Waals surface area contributed by atoms with Gasteiger partial charge in [-0.25, -0.2) is 0 Å². The van der Waals surface area contributed by atoms with Crippen molar-refractivity contribution in [3.05, 3.63) is 89.3 Å². The first-order chi connectivity index (χ1) is 12.6. The van der Waals surface area contributed by atoms with Gasteiger partial charge < -0.3 is 15.1 Å². The molecule has 0 unspecified atom stereocenters. The second kappa shape index (κ2) is 8.18. The highest BCUT2D eigenvalue weighted by molar-refractivity contribution is 6.30. The Kier molecular flexibility index (Phi) is 5.51. The van der Waals surface area contributed by atoms with E-state index in [9.17, 15) is 9.59 Å². The van der Waals surface area contributed by atoms with Gasteiger partial charge in [0.05, 0.1) is 17.5 Å². The monoisotopic (exact) mass is 366 g/mol. The van der Waals surface area contributed by atoms with Gasteiger partial charge in [0.2, 0.25) is 5.91 Å². The van der Waals surface area contributed by atoms with E-state index in [4.69, 9.17) is 16.0 Å². The van der Waals surface area contributed by atoms with Crippen molar-refractivity contribution in [3.63, 3.8) is 0 Å². The van der Waals surface area contributed by atoms with Crippen LogP contribution >= 0.6 is 11.6 Å². The van der Waals surface area contributed by atoms with Gasteiger partial charge in [0, 0.05) is 16.8 Å². The zero-order valence-corrected chi connectivity index (χ0v) is 14.4. The summed E-state index contributed by atoms with van der Waals surface area (Å²) in [6.07, 6.45) is 4.41. The average molecular weight is 367 g/mol. The largest absolute Gasteiger partial charge is 0.465 e. The van der Waals surface area contributed by atoms with Gasteiger partial charge in [-0.3, -0.25) is 9.59 Å². The second-order valence-electron chi connectivity index (χ2n) is 5.34. The second-order valence-corrected chi connectivity index (χ2v) is 5.78. The van der Waals surface area contributed by atoms with Crippen LogP contribution in [0.5, 0.6) is 0 Å². The normalized spacial score (nSPS) is 10.7. The Morgan fingerprint density at radius 1 is 0.923 bits per heavy atom. The van der Waals surface area contributed by atoms with Crippen LogP contribution in [0.25, 0.3) is 6.08 Å². The molecule has 0 radical (unpaired) electrons. The van der Waals surface area contributed by atoms with Crippen LogP contribution in [0.2, 0.25) is 5.02 Å².